The molecule has 3 saturated heterocycles. The number of amides is 1. The summed E-state index contributed by atoms with van der Waals surface area (Å²) in [6.45, 7) is 1.63. The van der Waals surface area contributed by atoms with Gasteiger partial charge in [-0.15, -0.1) is 0 Å². The normalized spacial score (nSPS) is 27.7. The molecule has 0 bridgehead atoms. The number of hydrogen-bond donors (Lipinski definition) is 12. The molecule has 0 spiro atoms. The van der Waals surface area contributed by atoms with Gasteiger partial charge in [-0.2, -0.15) is 0 Å². The largest absolute Gasteiger partial charge is 0.394 e. The highest BCUT2D eigenvalue weighted by Crippen LogP contribution is 2.33. The van der Waals surface area contributed by atoms with Crippen LogP contribution in [0.25, 0.3) is 0 Å². The number of allylic oxidation sites excluding steroid dienone is 13. The molecule has 0 saturated carbocycles. The van der Waals surface area contributed by atoms with E-state index >= 15 is 0 Å². The summed E-state index contributed by atoms with van der Waals surface area (Å²) < 4.78 is 34.4. The molecule has 1 amide bonds. The van der Waals surface area contributed by atoms with Gasteiger partial charge in [-0.25, -0.2) is 0 Å². The van der Waals surface area contributed by atoms with E-state index in [0.717, 1.165) is 96.3 Å². The number of carbonyl (C=O) groups excluding carboxylic acids is 1. The first-order valence-corrected chi connectivity index (χ1v) is 37.3. The lowest BCUT2D eigenvalue weighted by molar-refractivity contribution is -0.379. The highest BCUT2D eigenvalue weighted by molar-refractivity contribution is 5.76. The number of aliphatic hydroxyl groups is 11. The molecule has 550 valence electrons. The summed E-state index contributed by atoms with van der Waals surface area (Å²) in [6.07, 6.45) is 46.9. The van der Waals surface area contributed by atoms with Crippen LogP contribution in [-0.2, 0) is 33.2 Å². The third-order valence-electron chi connectivity index (χ3n) is 18.2. The summed E-state index contributed by atoms with van der Waals surface area (Å²) in [5.74, 6) is -0.279. The van der Waals surface area contributed by atoms with Crippen LogP contribution >= 0.6 is 0 Å². The molecule has 3 heterocycles. The minimum atomic E-state index is -1.98. The van der Waals surface area contributed by atoms with Crippen LogP contribution in [0.1, 0.15) is 258 Å². The SMILES string of the molecule is CC/C=C\C/C=C\C/C=C\C/C=C\C/C=C\C/C=C\CCCCCCCCCCCCCCC(=O)NC(COC1OC(CO)C(OC2OC(CO)C(OC3OC(CO)C(O)C(O)C3O)C(O)C2O)C(O)C1O)C(O)/C=C/CCCCCCCCCCCCCCCCCCC. The Balaban J connectivity index is 1.40. The second kappa shape index (κ2) is 56.7. The van der Waals surface area contributed by atoms with E-state index in [0.29, 0.717) is 6.42 Å². The number of unbranched alkanes of at least 4 members (excludes halogenated alkanes) is 29. The van der Waals surface area contributed by atoms with E-state index in [-0.39, 0.29) is 18.9 Å². The number of aliphatic hydroxyl groups excluding tert-OH is 11. The van der Waals surface area contributed by atoms with Gasteiger partial charge in [0, 0.05) is 6.42 Å². The molecule has 0 aliphatic carbocycles. The number of ether oxygens (including phenoxy) is 6. The summed E-state index contributed by atoms with van der Waals surface area (Å²) in [5.41, 5.74) is 0. The lowest BCUT2D eigenvalue weighted by Crippen LogP contribution is -2.66. The lowest BCUT2D eigenvalue weighted by Gasteiger charge is -2.48. The maximum absolute atomic E-state index is 13.4. The molecule has 17 unspecified atom stereocenters. The quantitative estimate of drug-likeness (QED) is 0.0199. The Morgan fingerprint density at radius 1 is 0.389 bits per heavy atom. The van der Waals surface area contributed by atoms with Crippen LogP contribution < -0.4 is 5.32 Å². The van der Waals surface area contributed by atoms with E-state index < -0.39 is 124 Å². The fraction of sp³-hybridized carbons (Fsp3) is 0.803. The third-order valence-corrected chi connectivity index (χ3v) is 18.2. The molecule has 3 fully saturated rings. The Kier molecular flexibility index (Phi) is 51.4. The molecule has 17 atom stereocenters. The predicted octanol–water partition coefficient (Wildman–Crippen LogP) is 11.1. The molecule has 19 nitrogen and oxygen atoms in total. The lowest BCUT2D eigenvalue weighted by atomic mass is 9.96. The second-order valence-electron chi connectivity index (χ2n) is 26.4. The minimum absolute atomic E-state index is 0.237. The molecule has 0 aromatic rings. The van der Waals surface area contributed by atoms with Crippen molar-refractivity contribution < 1.29 is 89.4 Å². The molecule has 0 radical (unpaired) electrons. The van der Waals surface area contributed by atoms with Crippen LogP contribution in [0.5, 0.6) is 0 Å². The van der Waals surface area contributed by atoms with Gasteiger partial charge >= 0.3 is 0 Å². The number of nitrogens with one attached hydrogen (secondary N) is 1. The van der Waals surface area contributed by atoms with Crippen molar-refractivity contribution in [2.24, 2.45) is 0 Å². The van der Waals surface area contributed by atoms with E-state index in [1.165, 1.54) is 135 Å². The van der Waals surface area contributed by atoms with E-state index in [1.807, 2.05) is 6.08 Å². The van der Waals surface area contributed by atoms with Crippen molar-refractivity contribution in [2.75, 3.05) is 26.4 Å². The smallest absolute Gasteiger partial charge is 0.220 e. The van der Waals surface area contributed by atoms with Crippen molar-refractivity contribution in [3.8, 4) is 0 Å². The van der Waals surface area contributed by atoms with Gasteiger partial charge in [0.25, 0.3) is 0 Å². The fourth-order valence-corrected chi connectivity index (χ4v) is 12.2. The molecule has 0 aromatic carbocycles. The molecular formula is C76H133NO18. The van der Waals surface area contributed by atoms with Crippen LogP contribution in [0.2, 0.25) is 0 Å². The zero-order chi connectivity index (χ0) is 68.9. The molecule has 95 heavy (non-hydrogen) atoms. The Bertz CT molecular complexity index is 2050. The van der Waals surface area contributed by atoms with Crippen LogP contribution in [0.4, 0.5) is 0 Å². The maximum Gasteiger partial charge on any atom is 0.220 e. The average molecular weight is 1350 g/mol. The summed E-state index contributed by atoms with van der Waals surface area (Å²) in [4.78, 5) is 13.4. The van der Waals surface area contributed by atoms with Crippen molar-refractivity contribution >= 4 is 5.91 Å². The number of hydrogen-bond acceptors (Lipinski definition) is 18. The van der Waals surface area contributed by atoms with E-state index in [9.17, 15) is 61.0 Å². The zero-order valence-corrected chi connectivity index (χ0v) is 58.4. The van der Waals surface area contributed by atoms with E-state index in [4.69, 9.17) is 28.4 Å². The Labute approximate surface area is 571 Å². The molecular weight excluding hydrogens is 1210 g/mol. The summed E-state index contributed by atoms with van der Waals surface area (Å²) in [6, 6.07) is -0.979. The Hall–Kier alpha value is -3.03. The Morgan fingerprint density at radius 3 is 1.14 bits per heavy atom. The van der Waals surface area contributed by atoms with E-state index in [1.54, 1.807) is 6.08 Å². The summed E-state index contributed by atoms with van der Waals surface area (Å²) in [5, 5.41) is 121. The standard InChI is InChI=1S/C76H133NO18/c1-3-5-7-9-11-13-15-17-19-21-23-24-25-26-27-28-29-30-31-32-33-34-36-38-40-42-44-46-48-50-52-54-64(82)77-59(60(81)53-51-49-47-45-43-41-39-37-35-22-20-18-16-14-12-10-8-6-4-2)58-90-74-70(88)67(85)72(62(56-79)92-74)95-76-71(89)68(86)73(63(57-80)93-76)94-75-69(87)66(84)65(83)61(55-78)91-75/h5,7,11,13,17,19,23-24,26-27,29-30,51,53,59-63,65-76,78-81,83-89H,3-4,6,8-10,12,14-16,18,20-22,25,28,31-50,52,54-58H2,1-2H3,(H,77,82)/b7-5-,13-11-,19-17-,24-23-,27-26-,30-29-,53-51+. The zero-order valence-electron chi connectivity index (χ0n) is 58.4. The molecule has 3 rings (SSSR count). The molecule has 19 heteroatoms. The van der Waals surface area contributed by atoms with Crippen molar-refractivity contribution in [1.82, 2.24) is 5.32 Å². The third kappa shape index (κ3) is 37.8. The highest BCUT2D eigenvalue weighted by Gasteiger charge is 2.53. The predicted molar refractivity (Wildman–Crippen MR) is 374 cm³/mol. The van der Waals surface area contributed by atoms with Gasteiger partial charge < -0.3 is 89.9 Å². The van der Waals surface area contributed by atoms with Crippen LogP contribution in [0, 0.1) is 0 Å². The van der Waals surface area contributed by atoms with Crippen LogP contribution in [-0.4, -0.2) is 193 Å². The van der Waals surface area contributed by atoms with Gasteiger partial charge in [-0.05, 0) is 70.6 Å². The highest BCUT2D eigenvalue weighted by atomic mass is 16.8. The summed E-state index contributed by atoms with van der Waals surface area (Å²) >= 11 is 0. The van der Waals surface area contributed by atoms with Crippen molar-refractivity contribution in [1.29, 1.82) is 0 Å². The average Bonchev–Trinajstić information content (AvgIpc) is 0.787. The van der Waals surface area contributed by atoms with Crippen LogP contribution in [0.15, 0.2) is 85.1 Å². The van der Waals surface area contributed by atoms with Gasteiger partial charge in [0.2, 0.25) is 5.91 Å². The molecule has 3 aliphatic heterocycles. The Morgan fingerprint density at radius 2 is 0.726 bits per heavy atom. The van der Waals surface area contributed by atoms with Gasteiger partial charge in [-0.1, -0.05) is 266 Å². The van der Waals surface area contributed by atoms with Crippen LogP contribution in [0.3, 0.4) is 0 Å². The monoisotopic (exact) mass is 1350 g/mol. The van der Waals surface area contributed by atoms with Crippen molar-refractivity contribution in [3.05, 3.63) is 85.1 Å². The van der Waals surface area contributed by atoms with Gasteiger partial charge in [0.05, 0.1) is 38.6 Å². The molecule has 3 aliphatic rings. The van der Waals surface area contributed by atoms with Crippen molar-refractivity contribution in [3.63, 3.8) is 0 Å². The van der Waals surface area contributed by atoms with Gasteiger partial charge in [-0.3, -0.25) is 4.79 Å². The minimum Gasteiger partial charge on any atom is -0.394 e. The first-order chi connectivity index (χ1) is 46.3. The van der Waals surface area contributed by atoms with Crippen molar-refractivity contribution in [2.45, 2.75) is 362 Å². The maximum atomic E-state index is 13.4. The summed E-state index contributed by atoms with van der Waals surface area (Å²) in [7, 11) is 0. The first kappa shape index (κ1) is 86.2. The number of rotatable bonds is 57. The molecule has 12 N–H and O–H groups in total. The number of carbonyl (C=O) groups is 1. The van der Waals surface area contributed by atoms with Gasteiger partial charge in [0.15, 0.2) is 18.9 Å². The topological polar surface area (TPSA) is 307 Å². The second-order valence-corrected chi connectivity index (χ2v) is 26.4. The first-order valence-electron chi connectivity index (χ1n) is 37.3. The molecule has 0 aromatic heterocycles. The fourth-order valence-electron chi connectivity index (χ4n) is 12.2. The van der Waals surface area contributed by atoms with Gasteiger partial charge in [0.1, 0.15) is 73.2 Å². The van der Waals surface area contributed by atoms with E-state index in [2.05, 4.69) is 92.1 Å².